The summed E-state index contributed by atoms with van der Waals surface area (Å²) in [5.41, 5.74) is 4.66. The summed E-state index contributed by atoms with van der Waals surface area (Å²) in [6.45, 7) is 7.45. The van der Waals surface area contributed by atoms with Gasteiger partial charge in [0, 0.05) is 55.7 Å². The topological polar surface area (TPSA) is 54.5 Å². The second-order valence-corrected chi connectivity index (χ2v) is 10.8. The Morgan fingerprint density at radius 3 is 2.79 bits per heavy atom. The quantitative estimate of drug-likeness (QED) is 0.615. The van der Waals surface area contributed by atoms with Gasteiger partial charge >= 0.3 is 5.97 Å². The van der Waals surface area contributed by atoms with E-state index in [1.54, 1.807) is 13.4 Å². The van der Waals surface area contributed by atoms with Crippen molar-refractivity contribution in [3.63, 3.8) is 0 Å². The van der Waals surface area contributed by atoms with Gasteiger partial charge in [-0.15, -0.1) is 0 Å². The average molecular weight is 470 g/mol. The van der Waals surface area contributed by atoms with Gasteiger partial charge in [0.15, 0.2) is 0 Å². The van der Waals surface area contributed by atoms with Gasteiger partial charge in [-0.1, -0.05) is 0 Å². The number of benzene rings is 1. The number of esters is 1. The molecule has 1 aromatic rings. The van der Waals surface area contributed by atoms with Crippen LogP contribution in [0.4, 0.5) is 5.69 Å². The highest BCUT2D eigenvalue weighted by Crippen LogP contribution is 2.52. The highest BCUT2D eigenvalue weighted by molar-refractivity contribution is 5.89. The number of piperidine rings is 2. The second-order valence-electron chi connectivity index (χ2n) is 10.8. The fraction of sp³-hybridized carbons (Fsp3) is 0.667. The Labute approximate surface area is 203 Å². The Kier molecular flexibility index (Phi) is 6.27. The molecular formula is C27H39N3O4. The highest BCUT2D eigenvalue weighted by atomic mass is 16.5. The Hall–Kier alpha value is -2.25. The van der Waals surface area contributed by atoms with Gasteiger partial charge < -0.3 is 24.0 Å². The molecule has 0 N–H and O–H groups in total. The molecule has 0 aliphatic carbocycles. The van der Waals surface area contributed by atoms with Crippen LogP contribution in [0.15, 0.2) is 24.0 Å². The van der Waals surface area contributed by atoms with Crippen molar-refractivity contribution >= 4 is 11.7 Å². The van der Waals surface area contributed by atoms with E-state index in [0.29, 0.717) is 30.5 Å². The third-order valence-electron chi connectivity index (χ3n) is 8.65. The summed E-state index contributed by atoms with van der Waals surface area (Å²) in [4.78, 5) is 20.2. The maximum atomic E-state index is 13.1. The smallest absolute Gasteiger partial charge is 0.337 e. The third-order valence-corrected chi connectivity index (χ3v) is 8.65. The minimum Gasteiger partial charge on any atom is -0.497 e. The third kappa shape index (κ3) is 3.87. The van der Waals surface area contributed by atoms with E-state index < -0.39 is 0 Å². The maximum absolute atomic E-state index is 13.1. The summed E-state index contributed by atoms with van der Waals surface area (Å²) >= 11 is 0. The lowest BCUT2D eigenvalue weighted by Crippen LogP contribution is -2.62. The van der Waals surface area contributed by atoms with Gasteiger partial charge in [-0.2, -0.15) is 0 Å². The summed E-state index contributed by atoms with van der Waals surface area (Å²) in [5, 5.41) is 0. The van der Waals surface area contributed by atoms with E-state index in [1.165, 1.54) is 16.8 Å². The van der Waals surface area contributed by atoms with Gasteiger partial charge in [0.05, 0.1) is 31.1 Å². The van der Waals surface area contributed by atoms with Crippen molar-refractivity contribution in [2.75, 3.05) is 59.4 Å². The number of rotatable bonds is 5. The molecule has 34 heavy (non-hydrogen) atoms. The van der Waals surface area contributed by atoms with Crippen LogP contribution < -0.4 is 9.64 Å². The zero-order chi connectivity index (χ0) is 24.1. The van der Waals surface area contributed by atoms with Crippen molar-refractivity contribution < 1.29 is 19.0 Å². The number of aryl methyl sites for hydroxylation is 1. The molecule has 0 radical (unpaired) electrons. The standard InChI is InChI=1S/C27H39N3O4/c1-16-11-20-18-7-8-30-14-21-17(2)34-15-22(27(31)33-10-9-28(3)4)19(21)12-24(30)26(18)29(5)23(20)13-25(16)32-6/h11,13,15,17-19,21,24,26H,7-10,12,14H2,1-6H3/t17-,18?,19-,21+,24-,26?/m0/s1. The van der Waals surface area contributed by atoms with Crippen molar-refractivity contribution in [3.8, 4) is 5.75 Å². The molecule has 7 nitrogen and oxygen atoms in total. The SMILES string of the molecule is COc1cc2c(cc1C)C1CCN3C[C@@H]4[C@H](C)OC=C(C(=O)OCCN(C)C)[C@H]4C[C@H]3C1N2C. The summed E-state index contributed by atoms with van der Waals surface area (Å²) in [7, 11) is 7.94. The lowest BCUT2D eigenvalue weighted by molar-refractivity contribution is -0.142. The number of nitrogens with zero attached hydrogens (tertiary/aromatic N) is 3. The number of hydrogen-bond donors (Lipinski definition) is 0. The molecule has 0 spiro atoms. The molecule has 4 aliphatic rings. The van der Waals surface area contributed by atoms with Crippen LogP contribution in [0, 0.1) is 18.8 Å². The normalized spacial score (nSPS) is 32.2. The molecule has 4 heterocycles. The van der Waals surface area contributed by atoms with Crippen LogP contribution >= 0.6 is 0 Å². The van der Waals surface area contributed by atoms with E-state index in [1.807, 2.05) is 19.0 Å². The monoisotopic (exact) mass is 469 g/mol. The Bertz CT molecular complexity index is 977. The average Bonchev–Trinajstić information content (AvgIpc) is 3.08. The minimum absolute atomic E-state index is 0.104. The van der Waals surface area contributed by atoms with Gasteiger partial charge in [-0.3, -0.25) is 4.90 Å². The molecule has 6 atom stereocenters. The van der Waals surface area contributed by atoms with E-state index in [-0.39, 0.29) is 18.0 Å². The number of ether oxygens (including phenoxy) is 3. The van der Waals surface area contributed by atoms with Crippen LogP contribution in [0.5, 0.6) is 5.75 Å². The zero-order valence-corrected chi connectivity index (χ0v) is 21.4. The van der Waals surface area contributed by atoms with Crippen LogP contribution in [0.25, 0.3) is 0 Å². The van der Waals surface area contributed by atoms with Gasteiger partial charge in [0.1, 0.15) is 12.4 Å². The number of hydrogen-bond acceptors (Lipinski definition) is 7. The minimum atomic E-state index is -0.215. The molecule has 5 rings (SSSR count). The van der Waals surface area contributed by atoms with Gasteiger partial charge in [-0.25, -0.2) is 4.79 Å². The lowest BCUT2D eigenvalue weighted by Gasteiger charge is -2.54. The molecule has 2 saturated heterocycles. The lowest BCUT2D eigenvalue weighted by atomic mass is 9.69. The van der Waals surface area contributed by atoms with Gasteiger partial charge in [0.2, 0.25) is 0 Å². The summed E-state index contributed by atoms with van der Waals surface area (Å²) in [6.07, 6.45) is 3.92. The largest absolute Gasteiger partial charge is 0.497 e. The van der Waals surface area contributed by atoms with E-state index in [2.05, 4.69) is 42.8 Å². The Balaban J connectivity index is 1.40. The first-order chi connectivity index (χ1) is 16.3. The van der Waals surface area contributed by atoms with Crippen LogP contribution in [-0.2, 0) is 14.3 Å². The fourth-order valence-electron chi connectivity index (χ4n) is 6.83. The number of carbonyl (C=O) groups is 1. The van der Waals surface area contributed by atoms with Crippen LogP contribution in [0.2, 0.25) is 0 Å². The number of anilines is 1. The second kappa shape index (κ2) is 9.08. The van der Waals surface area contributed by atoms with Crippen LogP contribution in [0.1, 0.15) is 36.8 Å². The zero-order valence-electron chi connectivity index (χ0n) is 21.4. The van der Waals surface area contributed by atoms with E-state index in [0.717, 1.165) is 43.8 Å². The van der Waals surface area contributed by atoms with E-state index in [9.17, 15) is 4.79 Å². The molecule has 0 aromatic heterocycles. The van der Waals surface area contributed by atoms with Crippen LogP contribution in [-0.4, -0.2) is 88.5 Å². The molecule has 0 saturated carbocycles. The fourth-order valence-corrected chi connectivity index (χ4v) is 6.83. The molecular weight excluding hydrogens is 430 g/mol. The highest BCUT2D eigenvalue weighted by Gasteiger charge is 2.53. The molecule has 4 aliphatic heterocycles. The van der Waals surface area contributed by atoms with Crippen molar-refractivity contribution in [1.29, 1.82) is 0 Å². The van der Waals surface area contributed by atoms with Crippen molar-refractivity contribution in [1.82, 2.24) is 9.80 Å². The number of likely N-dealkylation sites (N-methyl/N-ethyl adjacent to an activating group) is 2. The molecule has 2 fully saturated rings. The molecule has 1 aromatic carbocycles. The van der Waals surface area contributed by atoms with Crippen molar-refractivity contribution in [2.45, 2.75) is 50.8 Å². The van der Waals surface area contributed by atoms with Crippen molar-refractivity contribution in [3.05, 3.63) is 35.1 Å². The number of carbonyl (C=O) groups excluding carboxylic acids is 1. The van der Waals surface area contributed by atoms with Gasteiger partial charge in [0.25, 0.3) is 0 Å². The summed E-state index contributed by atoms with van der Waals surface area (Å²) < 4.78 is 17.2. The number of fused-ring (bicyclic) bond motifs is 6. The first-order valence-corrected chi connectivity index (χ1v) is 12.6. The predicted molar refractivity (Wildman–Crippen MR) is 132 cm³/mol. The van der Waals surface area contributed by atoms with Crippen molar-refractivity contribution in [2.24, 2.45) is 11.8 Å². The maximum Gasteiger partial charge on any atom is 0.337 e. The predicted octanol–water partition coefficient (Wildman–Crippen LogP) is 3.02. The number of methoxy groups -OCH3 is 1. The molecule has 0 bridgehead atoms. The molecule has 7 heteroatoms. The van der Waals surface area contributed by atoms with Gasteiger partial charge in [-0.05, 0) is 64.5 Å². The molecule has 0 amide bonds. The Morgan fingerprint density at radius 2 is 2.06 bits per heavy atom. The summed E-state index contributed by atoms with van der Waals surface area (Å²) in [5.74, 6) is 1.73. The summed E-state index contributed by atoms with van der Waals surface area (Å²) in [6, 6.07) is 5.34. The first-order valence-electron chi connectivity index (χ1n) is 12.6. The van der Waals surface area contributed by atoms with E-state index >= 15 is 0 Å². The Morgan fingerprint density at radius 1 is 1.26 bits per heavy atom. The van der Waals surface area contributed by atoms with E-state index in [4.69, 9.17) is 14.2 Å². The van der Waals surface area contributed by atoms with Crippen LogP contribution in [0.3, 0.4) is 0 Å². The molecule has 2 unspecified atom stereocenters. The first kappa shape index (κ1) is 23.5. The molecule has 186 valence electrons.